The number of methoxy groups -OCH3 is 1. The lowest BCUT2D eigenvalue weighted by atomic mass is 9.78. The van der Waals surface area contributed by atoms with Gasteiger partial charge in [-0.1, -0.05) is 13.3 Å². The van der Waals surface area contributed by atoms with Gasteiger partial charge in [-0.2, -0.15) is 0 Å². The van der Waals surface area contributed by atoms with E-state index < -0.39 is 0 Å². The lowest BCUT2D eigenvalue weighted by molar-refractivity contribution is -0.148. The highest BCUT2D eigenvalue weighted by Crippen LogP contribution is 2.31. The van der Waals surface area contributed by atoms with E-state index >= 15 is 0 Å². The number of esters is 1. The first kappa shape index (κ1) is 10.5. The smallest absolute Gasteiger partial charge is 0.308 e. The summed E-state index contributed by atoms with van der Waals surface area (Å²) in [7, 11) is 1.42. The van der Waals surface area contributed by atoms with Gasteiger partial charge in [-0.05, 0) is 25.2 Å². The SMILES string of the molecule is CC[C@H]1C[C@@H](C(=O)OC)CCC1O. The molecule has 0 aromatic carbocycles. The fourth-order valence-corrected chi connectivity index (χ4v) is 2.07. The van der Waals surface area contributed by atoms with Crippen LogP contribution in [-0.4, -0.2) is 24.3 Å². The number of aliphatic hydroxyl groups excluding tert-OH is 1. The van der Waals surface area contributed by atoms with Crippen molar-refractivity contribution in [1.82, 2.24) is 0 Å². The molecule has 76 valence electrons. The Morgan fingerprint density at radius 2 is 2.23 bits per heavy atom. The van der Waals surface area contributed by atoms with Crippen molar-refractivity contribution in [3.05, 3.63) is 0 Å². The second kappa shape index (κ2) is 4.61. The summed E-state index contributed by atoms with van der Waals surface area (Å²) in [6.45, 7) is 2.05. The molecule has 1 fully saturated rings. The van der Waals surface area contributed by atoms with Crippen molar-refractivity contribution in [2.45, 2.75) is 38.7 Å². The molecule has 0 heterocycles. The fourth-order valence-electron chi connectivity index (χ4n) is 2.07. The van der Waals surface area contributed by atoms with Crippen LogP contribution >= 0.6 is 0 Å². The van der Waals surface area contributed by atoms with Crippen molar-refractivity contribution in [3.8, 4) is 0 Å². The van der Waals surface area contributed by atoms with Crippen LogP contribution in [0.25, 0.3) is 0 Å². The van der Waals surface area contributed by atoms with E-state index in [-0.39, 0.29) is 23.9 Å². The number of ether oxygens (including phenoxy) is 1. The van der Waals surface area contributed by atoms with E-state index in [0.29, 0.717) is 0 Å². The molecule has 3 atom stereocenters. The largest absolute Gasteiger partial charge is 0.469 e. The summed E-state index contributed by atoms with van der Waals surface area (Å²) in [5.41, 5.74) is 0. The van der Waals surface area contributed by atoms with Gasteiger partial charge in [-0.3, -0.25) is 4.79 Å². The van der Waals surface area contributed by atoms with Gasteiger partial charge in [0.2, 0.25) is 0 Å². The van der Waals surface area contributed by atoms with Crippen LogP contribution in [0.2, 0.25) is 0 Å². The summed E-state index contributed by atoms with van der Waals surface area (Å²) < 4.78 is 4.70. The van der Waals surface area contributed by atoms with Gasteiger partial charge < -0.3 is 9.84 Å². The molecule has 13 heavy (non-hydrogen) atoms. The molecule has 1 saturated carbocycles. The Morgan fingerprint density at radius 3 is 2.77 bits per heavy atom. The van der Waals surface area contributed by atoms with Crippen molar-refractivity contribution in [2.24, 2.45) is 11.8 Å². The molecule has 1 aliphatic carbocycles. The molecule has 3 nitrogen and oxygen atoms in total. The summed E-state index contributed by atoms with van der Waals surface area (Å²) in [5, 5.41) is 9.59. The van der Waals surface area contributed by atoms with E-state index in [1.54, 1.807) is 0 Å². The molecular formula is C10H18O3. The van der Waals surface area contributed by atoms with Crippen LogP contribution in [0.15, 0.2) is 0 Å². The normalized spacial score (nSPS) is 34.2. The Hall–Kier alpha value is -0.570. The second-order valence-corrected chi connectivity index (χ2v) is 3.77. The quantitative estimate of drug-likeness (QED) is 0.662. The second-order valence-electron chi connectivity index (χ2n) is 3.77. The molecule has 0 aromatic rings. The van der Waals surface area contributed by atoms with Crippen LogP contribution < -0.4 is 0 Å². The van der Waals surface area contributed by atoms with Gasteiger partial charge in [0, 0.05) is 0 Å². The molecule has 0 amide bonds. The average molecular weight is 186 g/mol. The lowest BCUT2D eigenvalue weighted by Crippen LogP contribution is -2.32. The monoisotopic (exact) mass is 186 g/mol. The molecule has 0 bridgehead atoms. The van der Waals surface area contributed by atoms with Crippen molar-refractivity contribution in [1.29, 1.82) is 0 Å². The van der Waals surface area contributed by atoms with Crippen molar-refractivity contribution < 1.29 is 14.6 Å². The van der Waals surface area contributed by atoms with Crippen LogP contribution in [0.1, 0.15) is 32.6 Å². The minimum atomic E-state index is -0.217. The molecule has 0 saturated heterocycles. The lowest BCUT2D eigenvalue weighted by Gasteiger charge is -2.31. The van der Waals surface area contributed by atoms with E-state index in [1.807, 2.05) is 6.92 Å². The zero-order valence-electron chi connectivity index (χ0n) is 8.32. The maximum absolute atomic E-state index is 11.2. The number of hydrogen-bond donors (Lipinski definition) is 1. The van der Waals surface area contributed by atoms with Crippen LogP contribution in [0.3, 0.4) is 0 Å². The van der Waals surface area contributed by atoms with E-state index in [2.05, 4.69) is 0 Å². The molecule has 0 aromatic heterocycles. The molecule has 0 radical (unpaired) electrons. The number of rotatable bonds is 2. The summed E-state index contributed by atoms with van der Waals surface area (Å²) in [6, 6.07) is 0. The van der Waals surface area contributed by atoms with E-state index in [4.69, 9.17) is 4.74 Å². The Balaban J connectivity index is 2.49. The number of carbonyl (C=O) groups is 1. The van der Waals surface area contributed by atoms with Gasteiger partial charge in [0.15, 0.2) is 0 Å². The van der Waals surface area contributed by atoms with Gasteiger partial charge in [0.05, 0.1) is 19.1 Å². The third-order valence-corrected chi connectivity index (χ3v) is 3.00. The van der Waals surface area contributed by atoms with Gasteiger partial charge >= 0.3 is 5.97 Å². The fraction of sp³-hybridized carbons (Fsp3) is 0.900. The molecular weight excluding hydrogens is 168 g/mol. The summed E-state index contributed by atoms with van der Waals surface area (Å²) in [4.78, 5) is 11.2. The highest BCUT2D eigenvalue weighted by molar-refractivity contribution is 5.72. The highest BCUT2D eigenvalue weighted by Gasteiger charge is 2.32. The van der Waals surface area contributed by atoms with Crippen LogP contribution in [0.5, 0.6) is 0 Å². The van der Waals surface area contributed by atoms with Gasteiger partial charge in [-0.25, -0.2) is 0 Å². The van der Waals surface area contributed by atoms with Gasteiger partial charge in [0.1, 0.15) is 0 Å². The van der Waals surface area contributed by atoms with Crippen molar-refractivity contribution in [2.75, 3.05) is 7.11 Å². The van der Waals surface area contributed by atoms with Crippen molar-refractivity contribution in [3.63, 3.8) is 0 Å². The molecule has 1 rings (SSSR count). The minimum Gasteiger partial charge on any atom is -0.469 e. The van der Waals surface area contributed by atoms with Crippen molar-refractivity contribution >= 4 is 5.97 Å². The number of carbonyl (C=O) groups excluding carboxylic acids is 1. The van der Waals surface area contributed by atoms with E-state index in [1.165, 1.54) is 7.11 Å². The summed E-state index contributed by atoms with van der Waals surface area (Å²) in [6.07, 6.45) is 3.01. The number of hydrogen-bond acceptors (Lipinski definition) is 3. The maximum atomic E-state index is 11.2. The number of aliphatic hydroxyl groups is 1. The topological polar surface area (TPSA) is 46.5 Å². The molecule has 0 spiro atoms. The standard InChI is InChI=1S/C10H18O3/c1-3-7-6-8(10(12)13-2)4-5-9(7)11/h7-9,11H,3-6H2,1-2H3/t7-,8-,9?/m0/s1. The first-order valence-electron chi connectivity index (χ1n) is 4.95. The Bertz CT molecular complexity index is 179. The van der Waals surface area contributed by atoms with Crippen LogP contribution in [0.4, 0.5) is 0 Å². The highest BCUT2D eigenvalue weighted by atomic mass is 16.5. The van der Waals surface area contributed by atoms with Gasteiger partial charge in [0.25, 0.3) is 0 Å². The molecule has 1 aliphatic rings. The zero-order chi connectivity index (χ0) is 9.84. The summed E-state index contributed by atoms with van der Waals surface area (Å²) >= 11 is 0. The maximum Gasteiger partial charge on any atom is 0.308 e. The van der Waals surface area contributed by atoms with Crippen LogP contribution in [-0.2, 0) is 9.53 Å². The molecule has 1 N–H and O–H groups in total. The molecule has 1 unspecified atom stereocenters. The first-order valence-corrected chi connectivity index (χ1v) is 4.95. The van der Waals surface area contributed by atoms with E-state index in [9.17, 15) is 9.90 Å². The first-order chi connectivity index (χ1) is 6.19. The van der Waals surface area contributed by atoms with Gasteiger partial charge in [-0.15, -0.1) is 0 Å². The zero-order valence-corrected chi connectivity index (χ0v) is 8.32. The minimum absolute atomic E-state index is 0.0124. The molecule has 0 aliphatic heterocycles. The Labute approximate surface area is 79.1 Å². The summed E-state index contributed by atoms with van der Waals surface area (Å²) in [5.74, 6) is 0.168. The van der Waals surface area contributed by atoms with Crippen LogP contribution in [0, 0.1) is 11.8 Å². The predicted molar refractivity (Wildman–Crippen MR) is 49.1 cm³/mol. The third kappa shape index (κ3) is 2.44. The Kier molecular flexibility index (Phi) is 3.72. The average Bonchev–Trinajstić information content (AvgIpc) is 2.17. The third-order valence-electron chi connectivity index (χ3n) is 3.00. The predicted octanol–water partition coefficient (Wildman–Crippen LogP) is 1.35. The van der Waals surface area contributed by atoms with E-state index in [0.717, 1.165) is 25.7 Å². The molecule has 3 heteroatoms. The Morgan fingerprint density at radius 1 is 1.54 bits per heavy atom.